The summed E-state index contributed by atoms with van der Waals surface area (Å²) in [7, 11) is 0. The lowest BCUT2D eigenvalue weighted by Crippen LogP contribution is -2.45. The average molecular weight is 268 g/mol. The molecule has 2 aliphatic rings. The van der Waals surface area contributed by atoms with E-state index in [4.69, 9.17) is 10.5 Å². The van der Waals surface area contributed by atoms with Crippen LogP contribution in [0.3, 0.4) is 0 Å². The topological polar surface area (TPSA) is 88.2 Å². The van der Waals surface area contributed by atoms with Crippen LogP contribution in [-0.2, 0) is 14.3 Å². The molecule has 0 spiro atoms. The van der Waals surface area contributed by atoms with Gasteiger partial charge in [-0.15, -0.1) is 0 Å². The SMILES string of the molecule is NC(=NCCN1C(=O)CCCC1=O)N1CCOCC1. The van der Waals surface area contributed by atoms with E-state index in [-0.39, 0.29) is 11.8 Å². The van der Waals surface area contributed by atoms with E-state index in [1.54, 1.807) is 0 Å². The number of guanidine groups is 1. The summed E-state index contributed by atoms with van der Waals surface area (Å²) in [6.45, 7) is 3.45. The van der Waals surface area contributed by atoms with E-state index in [2.05, 4.69) is 4.99 Å². The fraction of sp³-hybridized carbons (Fsp3) is 0.750. The van der Waals surface area contributed by atoms with Crippen LogP contribution in [0.2, 0.25) is 0 Å². The van der Waals surface area contributed by atoms with Crippen LogP contribution in [0.25, 0.3) is 0 Å². The number of nitrogens with two attached hydrogens (primary N) is 1. The van der Waals surface area contributed by atoms with Crippen molar-refractivity contribution in [3.63, 3.8) is 0 Å². The van der Waals surface area contributed by atoms with E-state index in [1.165, 1.54) is 4.90 Å². The highest BCUT2D eigenvalue weighted by Gasteiger charge is 2.25. The standard InChI is InChI=1S/C12H20N4O3/c13-12(15-6-8-19-9-7-15)14-4-5-16-10(17)2-1-3-11(16)18/h1-9H2,(H2,13,14). The van der Waals surface area contributed by atoms with E-state index < -0.39 is 0 Å². The van der Waals surface area contributed by atoms with Crippen molar-refractivity contribution in [3.05, 3.63) is 0 Å². The second-order valence-electron chi connectivity index (χ2n) is 4.63. The second kappa shape index (κ2) is 6.51. The number of hydrogen-bond donors (Lipinski definition) is 1. The van der Waals surface area contributed by atoms with Gasteiger partial charge < -0.3 is 15.4 Å². The van der Waals surface area contributed by atoms with Gasteiger partial charge in [-0.3, -0.25) is 19.5 Å². The van der Waals surface area contributed by atoms with E-state index in [9.17, 15) is 9.59 Å². The molecule has 0 unspecified atom stereocenters. The van der Waals surface area contributed by atoms with Crippen molar-refractivity contribution in [1.29, 1.82) is 0 Å². The summed E-state index contributed by atoms with van der Waals surface area (Å²) >= 11 is 0. The molecule has 0 aromatic heterocycles. The minimum absolute atomic E-state index is 0.101. The zero-order chi connectivity index (χ0) is 13.7. The van der Waals surface area contributed by atoms with Gasteiger partial charge in [0.1, 0.15) is 0 Å². The number of hydrogen-bond acceptors (Lipinski definition) is 4. The van der Waals surface area contributed by atoms with Gasteiger partial charge in [-0.25, -0.2) is 0 Å². The monoisotopic (exact) mass is 268 g/mol. The molecule has 2 rings (SSSR count). The highest BCUT2D eigenvalue weighted by Crippen LogP contribution is 2.11. The number of morpholine rings is 1. The molecular formula is C12H20N4O3. The Morgan fingerprint density at radius 3 is 2.47 bits per heavy atom. The van der Waals surface area contributed by atoms with Gasteiger partial charge >= 0.3 is 0 Å². The molecule has 2 saturated heterocycles. The Balaban J connectivity index is 1.80. The van der Waals surface area contributed by atoms with Crippen molar-refractivity contribution in [2.24, 2.45) is 10.7 Å². The van der Waals surface area contributed by atoms with Crippen LogP contribution < -0.4 is 5.73 Å². The number of ether oxygens (including phenoxy) is 1. The quantitative estimate of drug-likeness (QED) is 0.410. The number of aliphatic imine (C=N–C) groups is 1. The van der Waals surface area contributed by atoms with Gasteiger partial charge in [0, 0.05) is 32.5 Å². The molecule has 2 N–H and O–H groups in total. The van der Waals surface area contributed by atoms with Gasteiger partial charge in [-0.1, -0.05) is 0 Å². The van der Waals surface area contributed by atoms with Crippen LogP contribution in [0.5, 0.6) is 0 Å². The first-order chi connectivity index (χ1) is 9.18. The van der Waals surface area contributed by atoms with Gasteiger partial charge in [0.25, 0.3) is 0 Å². The van der Waals surface area contributed by atoms with Gasteiger partial charge in [0.05, 0.1) is 19.8 Å². The zero-order valence-corrected chi connectivity index (χ0v) is 11.0. The summed E-state index contributed by atoms with van der Waals surface area (Å²) in [6, 6.07) is 0. The van der Waals surface area contributed by atoms with E-state index in [0.717, 1.165) is 13.1 Å². The normalized spacial score (nSPS) is 22.0. The van der Waals surface area contributed by atoms with E-state index in [1.807, 2.05) is 4.90 Å². The van der Waals surface area contributed by atoms with Crippen LogP contribution >= 0.6 is 0 Å². The van der Waals surface area contributed by atoms with Gasteiger partial charge in [0.15, 0.2) is 5.96 Å². The Morgan fingerprint density at radius 1 is 1.21 bits per heavy atom. The molecule has 2 fully saturated rings. The maximum Gasteiger partial charge on any atom is 0.229 e. The molecule has 0 bridgehead atoms. The number of amides is 2. The average Bonchev–Trinajstić information content (AvgIpc) is 2.43. The van der Waals surface area contributed by atoms with Crippen molar-refractivity contribution >= 4 is 17.8 Å². The first-order valence-electron chi connectivity index (χ1n) is 6.64. The summed E-state index contributed by atoms with van der Waals surface area (Å²) in [4.78, 5) is 30.6. The molecule has 0 aromatic carbocycles. The third-order valence-corrected chi connectivity index (χ3v) is 3.32. The lowest BCUT2D eigenvalue weighted by Gasteiger charge is -2.28. The first-order valence-corrected chi connectivity index (χ1v) is 6.64. The number of carbonyl (C=O) groups excluding carboxylic acids is 2. The van der Waals surface area contributed by atoms with Crippen LogP contribution in [0.1, 0.15) is 19.3 Å². The minimum atomic E-state index is -0.101. The molecule has 0 aliphatic carbocycles. The molecule has 2 aliphatic heterocycles. The van der Waals surface area contributed by atoms with Crippen LogP contribution in [0.15, 0.2) is 4.99 Å². The van der Waals surface area contributed by atoms with Gasteiger partial charge in [0.2, 0.25) is 11.8 Å². The first kappa shape index (κ1) is 13.8. The zero-order valence-electron chi connectivity index (χ0n) is 11.0. The van der Waals surface area contributed by atoms with Crippen molar-refractivity contribution in [2.75, 3.05) is 39.4 Å². The van der Waals surface area contributed by atoms with E-state index in [0.29, 0.717) is 51.5 Å². The van der Waals surface area contributed by atoms with Crippen molar-refractivity contribution in [2.45, 2.75) is 19.3 Å². The van der Waals surface area contributed by atoms with Crippen molar-refractivity contribution in [1.82, 2.24) is 9.80 Å². The number of imide groups is 1. The Labute approximate surface area is 112 Å². The molecule has 7 heteroatoms. The highest BCUT2D eigenvalue weighted by molar-refractivity contribution is 5.97. The summed E-state index contributed by atoms with van der Waals surface area (Å²) in [6.07, 6.45) is 1.57. The van der Waals surface area contributed by atoms with E-state index >= 15 is 0 Å². The summed E-state index contributed by atoms with van der Waals surface area (Å²) in [5.74, 6) is 0.257. The summed E-state index contributed by atoms with van der Waals surface area (Å²) < 4.78 is 5.23. The molecule has 2 heterocycles. The number of carbonyl (C=O) groups is 2. The molecule has 0 atom stereocenters. The molecule has 0 saturated carbocycles. The number of nitrogens with zero attached hydrogens (tertiary/aromatic N) is 3. The van der Waals surface area contributed by atoms with Crippen molar-refractivity contribution < 1.29 is 14.3 Å². The van der Waals surface area contributed by atoms with Crippen LogP contribution in [0, 0.1) is 0 Å². The summed E-state index contributed by atoms with van der Waals surface area (Å²) in [5.41, 5.74) is 5.87. The molecular weight excluding hydrogens is 248 g/mol. The Morgan fingerprint density at radius 2 is 1.84 bits per heavy atom. The van der Waals surface area contributed by atoms with Crippen LogP contribution in [0.4, 0.5) is 0 Å². The molecule has 2 amide bonds. The molecule has 19 heavy (non-hydrogen) atoms. The molecule has 0 radical (unpaired) electrons. The second-order valence-corrected chi connectivity index (χ2v) is 4.63. The van der Waals surface area contributed by atoms with Crippen molar-refractivity contribution in [3.8, 4) is 0 Å². The lowest BCUT2D eigenvalue weighted by atomic mass is 10.1. The minimum Gasteiger partial charge on any atom is -0.378 e. The molecule has 106 valence electrons. The molecule has 0 aromatic rings. The Hall–Kier alpha value is -1.63. The summed E-state index contributed by atoms with van der Waals surface area (Å²) in [5, 5.41) is 0. The fourth-order valence-corrected chi connectivity index (χ4v) is 2.21. The van der Waals surface area contributed by atoms with Gasteiger partial charge in [-0.2, -0.15) is 0 Å². The third kappa shape index (κ3) is 3.66. The Kier molecular flexibility index (Phi) is 4.73. The molecule has 7 nitrogen and oxygen atoms in total. The highest BCUT2D eigenvalue weighted by atomic mass is 16.5. The number of piperidine rings is 1. The lowest BCUT2D eigenvalue weighted by molar-refractivity contribution is -0.147. The van der Waals surface area contributed by atoms with Gasteiger partial charge in [-0.05, 0) is 6.42 Å². The maximum absolute atomic E-state index is 11.6. The number of rotatable bonds is 3. The van der Waals surface area contributed by atoms with Crippen LogP contribution in [-0.4, -0.2) is 67.0 Å². The third-order valence-electron chi connectivity index (χ3n) is 3.32. The predicted octanol–water partition coefficient (Wildman–Crippen LogP) is -0.828. The smallest absolute Gasteiger partial charge is 0.229 e. The number of likely N-dealkylation sites (tertiary alicyclic amines) is 1. The largest absolute Gasteiger partial charge is 0.378 e. The fourth-order valence-electron chi connectivity index (χ4n) is 2.21. The maximum atomic E-state index is 11.6. The predicted molar refractivity (Wildman–Crippen MR) is 69.5 cm³/mol. The Bertz CT molecular complexity index is 361.